The second-order valence-electron chi connectivity index (χ2n) is 8.30. The van der Waals surface area contributed by atoms with Crippen molar-refractivity contribution in [1.82, 2.24) is 9.88 Å². The Morgan fingerprint density at radius 2 is 1.76 bits per heavy atom. The van der Waals surface area contributed by atoms with Crippen LogP contribution in [0, 0.1) is 13.8 Å². The van der Waals surface area contributed by atoms with Crippen molar-refractivity contribution in [2.24, 2.45) is 0 Å². The summed E-state index contributed by atoms with van der Waals surface area (Å²) in [5, 5.41) is 0.615. The number of rotatable bonds is 10. The van der Waals surface area contributed by atoms with E-state index in [1.54, 1.807) is 17.0 Å². The second kappa shape index (κ2) is 10.6. The first-order valence-electron chi connectivity index (χ1n) is 10.8. The normalized spacial score (nSPS) is 11.8. The van der Waals surface area contributed by atoms with Gasteiger partial charge in [0.1, 0.15) is 5.75 Å². The molecule has 3 aromatic rings. The fourth-order valence-electron chi connectivity index (χ4n) is 3.46. The van der Waals surface area contributed by atoms with Gasteiger partial charge in [0.05, 0.1) is 28.0 Å². The van der Waals surface area contributed by atoms with Gasteiger partial charge in [-0.05, 0) is 82.4 Å². The van der Waals surface area contributed by atoms with Crippen molar-refractivity contribution in [3.63, 3.8) is 0 Å². The average molecular weight is 490 g/mol. The number of aryl methyl sites for hydroxylation is 2. The number of nitrogens with zero attached hydrogens (tertiary/aromatic N) is 3. The zero-order chi connectivity index (χ0) is 24.2. The largest absolute Gasteiger partial charge is 0.497 e. The molecule has 0 saturated carbocycles. The molecule has 0 saturated heterocycles. The highest BCUT2D eigenvalue weighted by Gasteiger charge is 2.23. The van der Waals surface area contributed by atoms with Crippen LogP contribution in [0.25, 0.3) is 10.2 Å². The van der Waals surface area contributed by atoms with E-state index >= 15 is 0 Å². The lowest BCUT2D eigenvalue weighted by atomic mass is 10.1. The molecule has 0 fully saturated rings. The van der Waals surface area contributed by atoms with Crippen molar-refractivity contribution in [2.75, 3.05) is 44.9 Å². The molecule has 0 bridgehead atoms. The van der Waals surface area contributed by atoms with Gasteiger partial charge in [-0.2, -0.15) is 0 Å². The first-order chi connectivity index (χ1) is 15.6. The van der Waals surface area contributed by atoms with Crippen LogP contribution < -0.4 is 9.64 Å². The Labute approximate surface area is 199 Å². The second-order valence-corrected chi connectivity index (χ2v) is 11.4. The molecular weight excluding hydrogens is 458 g/mol. The first-order valence-corrected chi connectivity index (χ1v) is 13.3. The van der Waals surface area contributed by atoms with Gasteiger partial charge in [-0.1, -0.05) is 17.4 Å². The van der Waals surface area contributed by atoms with Gasteiger partial charge in [-0.3, -0.25) is 9.69 Å². The summed E-state index contributed by atoms with van der Waals surface area (Å²) in [5.41, 5.74) is 3.14. The number of anilines is 1. The summed E-state index contributed by atoms with van der Waals surface area (Å²) in [5.74, 6) is 0.0866. The molecule has 1 aromatic heterocycles. The maximum absolute atomic E-state index is 13.2. The summed E-state index contributed by atoms with van der Waals surface area (Å²) < 4.78 is 31.7. The molecule has 0 N–H and O–H groups in total. The molecule has 33 heavy (non-hydrogen) atoms. The number of fused-ring (bicyclic) bond motifs is 1. The average Bonchev–Trinajstić information content (AvgIpc) is 3.22. The number of methoxy groups -OCH3 is 1. The number of ether oxygens (including phenoxy) is 1. The monoisotopic (exact) mass is 489 g/mol. The SMILES string of the molecule is COc1ccc(S(=O)(=O)CCC(=O)N(CCCN(C)C)c2nc3c(C)c(C)ccc3s2)cc1. The molecule has 0 atom stereocenters. The van der Waals surface area contributed by atoms with E-state index in [1.807, 2.05) is 34.0 Å². The summed E-state index contributed by atoms with van der Waals surface area (Å²) in [6.45, 7) is 5.37. The van der Waals surface area contributed by atoms with Crippen LogP contribution in [0.2, 0.25) is 0 Å². The maximum Gasteiger partial charge on any atom is 0.229 e. The van der Waals surface area contributed by atoms with Gasteiger partial charge in [-0.15, -0.1) is 0 Å². The molecule has 1 amide bonds. The number of amides is 1. The van der Waals surface area contributed by atoms with Crippen LogP contribution in [-0.2, 0) is 14.6 Å². The third-order valence-corrected chi connectivity index (χ3v) is 8.37. The van der Waals surface area contributed by atoms with Crippen molar-refractivity contribution in [1.29, 1.82) is 0 Å². The fraction of sp³-hybridized carbons (Fsp3) is 0.417. The van der Waals surface area contributed by atoms with Crippen LogP contribution in [0.15, 0.2) is 41.3 Å². The summed E-state index contributed by atoms with van der Waals surface area (Å²) in [6.07, 6.45) is 0.655. The Bertz CT molecular complexity index is 1220. The van der Waals surface area contributed by atoms with Crippen molar-refractivity contribution < 1.29 is 17.9 Å². The van der Waals surface area contributed by atoms with E-state index in [9.17, 15) is 13.2 Å². The zero-order valence-electron chi connectivity index (χ0n) is 19.8. The maximum atomic E-state index is 13.2. The molecule has 0 radical (unpaired) electrons. The van der Waals surface area contributed by atoms with E-state index in [0.717, 1.165) is 34.3 Å². The number of thiazole rings is 1. The van der Waals surface area contributed by atoms with Crippen LogP contribution in [0.4, 0.5) is 5.13 Å². The van der Waals surface area contributed by atoms with Crippen molar-refractivity contribution in [3.8, 4) is 5.75 Å². The molecular formula is C24H31N3O4S2. The van der Waals surface area contributed by atoms with E-state index in [-0.39, 0.29) is 23.0 Å². The Balaban J connectivity index is 1.81. The lowest BCUT2D eigenvalue weighted by Crippen LogP contribution is -2.34. The van der Waals surface area contributed by atoms with E-state index < -0.39 is 9.84 Å². The van der Waals surface area contributed by atoms with E-state index in [4.69, 9.17) is 9.72 Å². The van der Waals surface area contributed by atoms with Crippen LogP contribution in [0.3, 0.4) is 0 Å². The number of carbonyl (C=O) groups is 1. The third kappa shape index (κ3) is 6.10. The van der Waals surface area contributed by atoms with Gasteiger partial charge in [0.2, 0.25) is 5.91 Å². The van der Waals surface area contributed by atoms with Crippen molar-refractivity contribution >= 4 is 42.4 Å². The highest BCUT2D eigenvalue weighted by atomic mass is 32.2. The number of carbonyl (C=O) groups excluding carboxylic acids is 1. The number of benzene rings is 2. The Hall–Kier alpha value is -2.49. The third-order valence-electron chi connectivity index (χ3n) is 5.60. The molecule has 0 aliphatic carbocycles. The highest BCUT2D eigenvalue weighted by molar-refractivity contribution is 7.91. The minimum absolute atomic E-state index is 0.107. The van der Waals surface area contributed by atoms with Crippen LogP contribution in [0.5, 0.6) is 5.75 Å². The lowest BCUT2D eigenvalue weighted by Gasteiger charge is -2.21. The Morgan fingerprint density at radius 3 is 2.39 bits per heavy atom. The van der Waals surface area contributed by atoms with Gasteiger partial charge in [0.15, 0.2) is 15.0 Å². The first kappa shape index (κ1) is 25.1. The summed E-state index contributed by atoms with van der Waals surface area (Å²) in [7, 11) is 1.90. The predicted octanol–water partition coefficient (Wildman–Crippen LogP) is 4.07. The number of hydrogen-bond donors (Lipinski definition) is 0. The molecule has 0 aliphatic rings. The molecule has 9 heteroatoms. The Morgan fingerprint density at radius 1 is 1.06 bits per heavy atom. The zero-order valence-corrected chi connectivity index (χ0v) is 21.4. The van der Waals surface area contributed by atoms with Gasteiger partial charge in [-0.25, -0.2) is 13.4 Å². The van der Waals surface area contributed by atoms with Crippen LogP contribution in [-0.4, -0.2) is 64.3 Å². The minimum Gasteiger partial charge on any atom is -0.497 e. The van der Waals surface area contributed by atoms with E-state index in [1.165, 1.54) is 30.6 Å². The lowest BCUT2D eigenvalue weighted by molar-refractivity contribution is -0.118. The smallest absolute Gasteiger partial charge is 0.229 e. The van der Waals surface area contributed by atoms with Crippen LogP contribution >= 0.6 is 11.3 Å². The molecule has 1 heterocycles. The summed E-state index contributed by atoms with van der Waals surface area (Å²) in [4.78, 5) is 21.9. The van der Waals surface area contributed by atoms with E-state index in [2.05, 4.69) is 11.0 Å². The van der Waals surface area contributed by atoms with Crippen LogP contribution in [0.1, 0.15) is 24.0 Å². The number of hydrogen-bond acceptors (Lipinski definition) is 7. The molecule has 0 unspecified atom stereocenters. The van der Waals surface area contributed by atoms with Gasteiger partial charge in [0, 0.05) is 13.0 Å². The quantitative estimate of drug-likeness (QED) is 0.427. The molecule has 0 aliphatic heterocycles. The van der Waals surface area contributed by atoms with Crippen molar-refractivity contribution in [3.05, 3.63) is 47.5 Å². The van der Waals surface area contributed by atoms with E-state index in [0.29, 0.717) is 17.4 Å². The molecule has 7 nitrogen and oxygen atoms in total. The molecule has 0 spiro atoms. The molecule has 2 aromatic carbocycles. The topological polar surface area (TPSA) is 79.8 Å². The van der Waals surface area contributed by atoms with Gasteiger partial charge < -0.3 is 9.64 Å². The standard InChI is InChI=1S/C24H31N3O4S2/c1-17-7-12-21-23(18(17)2)25-24(32-21)27(15-6-14-26(3)4)22(28)13-16-33(29,30)20-10-8-19(31-5)9-11-20/h7-12H,6,13-16H2,1-5H3. The summed E-state index contributed by atoms with van der Waals surface area (Å²) in [6, 6.07) is 10.3. The minimum atomic E-state index is -3.60. The molecule has 3 rings (SSSR count). The molecule has 178 valence electrons. The van der Waals surface area contributed by atoms with Gasteiger partial charge >= 0.3 is 0 Å². The Kier molecular flexibility index (Phi) is 8.10. The van der Waals surface area contributed by atoms with Gasteiger partial charge in [0.25, 0.3) is 0 Å². The van der Waals surface area contributed by atoms with Crippen molar-refractivity contribution in [2.45, 2.75) is 31.6 Å². The fourth-order valence-corrected chi connectivity index (χ4v) is 5.76. The number of aromatic nitrogens is 1. The highest BCUT2D eigenvalue weighted by Crippen LogP contribution is 2.32. The predicted molar refractivity (Wildman–Crippen MR) is 134 cm³/mol. The summed E-state index contributed by atoms with van der Waals surface area (Å²) >= 11 is 1.47. The number of sulfone groups is 1.